The largest absolute Gasteiger partial charge is 0.289 e. The third kappa shape index (κ3) is 4.86. The molecule has 6 rings (SSSR count). The lowest BCUT2D eigenvalue weighted by atomic mass is 9.91. The predicted octanol–water partition coefficient (Wildman–Crippen LogP) is 7.17. The molecule has 0 fully saturated rings. The van der Waals surface area contributed by atoms with Gasteiger partial charge in [-0.15, -0.1) is 0 Å². The molecule has 0 atom stereocenters. The van der Waals surface area contributed by atoms with Gasteiger partial charge in [-0.25, -0.2) is 0 Å². The fraction of sp³-hybridized carbons (Fsp3) is 0. The minimum absolute atomic E-state index is 0.0629. The number of carbonyl (C=O) groups is 1. The first-order chi connectivity index (χ1) is 18.7. The van der Waals surface area contributed by atoms with Gasteiger partial charge in [0.25, 0.3) is 0 Å². The van der Waals surface area contributed by atoms with E-state index in [0.717, 1.165) is 44.5 Å². The molecule has 6 aromatic rings. The summed E-state index contributed by atoms with van der Waals surface area (Å²) >= 11 is 0. The molecule has 0 saturated carbocycles. The van der Waals surface area contributed by atoms with Crippen LogP contribution in [-0.2, 0) is 0 Å². The molecule has 0 unspecified atom stereocenters. The van der Waals surface area contributed by atoms with E-state index < -0.39 is 0 Å². The highest BCUT2D eigenvalue weighted by Gasteiger charge is 2.16. The molecule has 0 aliphatic carbocycles. The van der Waals surface area contributed by atoms with Crippen molar-refractivity contribution >= 4 is 5.78 Å². The number of carbonyl (C=O) groups excluding carboxylic acids is 1. The quantitative estimate of drug-likeness (QED) is 0.232. The molecule has 180 valence electrons. The van der Waals surface area contributed by atoms with E-state index in [4.69, 9.17) is 0 Å². The van der Waals surface area contributed by atoms with E-state index in [0.29, 0.717) is 11.1 Å². The zero-order valence-corrected chi connectivity index (χ0v) is 20.4. The molecule has 4 heterocycles. The average Bonchev–Trinajstić information content (AvgIpc) is 3.02. The summed E-state index contributed by atoms with van der Waals surface area (Å²) < 4.78 is 0. The Hall–Kier alpha value is -5.29. The van der Waals surface area contributed by atoms with Crippen molar-refractivity contribution in [1.29, 1.82) is 0 Å². The lowest BCUT2D eigenvalue weighted by molar-refractivity contribution is 0.103. The van der Waals surface area contributed by atoms with Crippen molar-refractivity contribution in [2.75, 3.05) is 0 Å². The summed E-state index contributed by atoms with van der Waals surface area (Å²) in [5.74, 6) is -0.0629. The lowest BCUT2D eigenvalue weighted by Gasteiger charge is -2.13. The maximum Gasteiger partial charge on any atom is 0.193 e. The summed E-state index contributed by atoms with van der Waals surface area (Å²) in [5.41, 5.74) is 8.79. The Morgan fingerprint density at radius 3 is 1.16 bits per heavy atom. The van der Waals surface area contributed by atoms with Gasteiger partial charge in [0.05, 0.1) is 0 Å². The van der Waals surface area contributed by atoms with Crippen molar-refractivity contribution in [1.82, 2.24) is 19.9 Å². The van der Waals surface area contributed by atoms with Crippen LogP contribution in [0.2, 0.25) is 0 Å². The molecule has 0 saturated heterocycles. The van der Waals surface area contributed by atoms with E-state index in [-0.39, 0.29) is 5.78 Å². The van der Waals surface area contributed by atoms with Crippen molar-refractivity contribution in [2.24, 2.45) is 0 Å². The first-order valence-electron chi connectivity index (χ1n) is 12.2. The van der Waals surface area contributed by atoms with Gasteiger partial charge in [0.1, 0.15) is 0 Å². The maximum atomic E-state index is 14.1. The number of hydrogen-bond donors (Lipinski definition) is 0. The third-order valence-corrected chi connectivity index (χ3v) is 6.41. The van der Waals surface area contributed by atoms with E-state index >= 15 is 0 Å². The molecule has 38 heavy (non-hydrogen) atoms. The van der Waals surface area contributed by atoms with Crippen LogP contribution >= 0.6 is 0 Å². The van der Waals surface area contributed by atoms with Crippen LogP contribution in [-0.4, -0.2) is 25.7 Å². The molecule has 0 radical (unpaired) electrons. The standard InChI is InChI=1S/C33H22N4O/c38-33(31-17-27(23-5-11-34-12-6-23)15-29(19-31)25-3-1-9-36-21-25)32-18-28(24-7-13-35-14-8-24)16-30(20-32)26-4-2-10-37-22-26/h1-22H. The van der Waals surface area contributed by atoms with Gasteiger partial charge in [-0.05, 0) is 106 Å². The molecule has 0 aliphatic rings. The first kappa shape index (κ1) is 23.1. The van der Waals surface area contributed by atoms with E-state index in [1.54, 1.807) is 37.2 Å². The Kier molecular flexibility index (Phi) is 6.31. The topological polar surface area (TPSA) is 68.6 Å². The lowest BCUT2D eigenvalue weighted by Crippen LogP contribution is -2.03. The second-order valence-corrected chi connectivity index (χ2v) is 8.88. The number of ketones is 1. The SMILES string of the molecule is O=C(c1cc(-c2ccncc2)cc(-c2cccnc2)c1)c1cc(-c2ccncc2)cc(-c2cccnc2)c1. The Morgan fingerprint density at radius 1 is 0.395 bits per heavy atom. The molecule has 0 bridgehead atoms. The van der Waals surface area contributed by atoms with Crippen LogP contribution < -0.4 is 0 Å². The second kappa shape index (κ2) is 10.4. The van der Waals surface area contributed by atoms with Gasteiger partial charge in [0, 0.05) is 71.8 Å². The number of aromatic nitrogens is 4. The molecule has 0 N–H and O–H groups in total. The maximum absolute atomic E-state index is 14.1. The van der Waals surface area contributed by atoms with Gasteiger partial charge in [-0.3, -0.25) is 24.7 Å². The van der Waals surface area contributed by atoms with Crippen LogP contribution in [0, 0.1) is 0 Å². The number of rotatable bonds is 6. The van der Waals surface area contributed by atoms with Crippen LogP contribution in [0.4, 0.5) is 0 Å². The summed E-state index contributed by atoms with van der Waals surface area (Å²) in [6.07, 6.45) is 14.1. The second-order valence-electron chi connectivity index (χ2n) is 8.88. The molecule has 5 nitrogen and oxygen atoms in total. The minimum Gasteiger partial charge on any atom is -0.289 e. The molecule has 0 spiro atoms. The first-order valence-corrected chi connectivity index (χ1v) is 12.2. The summed E-state index contributed by atoms with van der Waals surface area (Å²) in [6, 6.07) is 27.5. The Morgan fingerprint density at radius 2 is 0.789 bits per heavy atom. The van der Waals surface area contributed by atoms with Gasteiger partial charge >= 0.3 is 0 Å². The Balaban J connectivity index is 1.51. The van der Waals surface area contributed by atoms with Gasteiger partial charge in [0.2, 0.25) is 0 Å². The van der Waals surface area contributed by atoms with E-state index in [1.807, 2.05) is 85.2 Å². The fourth-order valence-electron chi connectivity index (χ4n) is 4.51. The normalized spacial score (nSPS) is 10.7. The van der Waals surface area contributed by atoms with Crippen LogP contribution in [0.15, 0.2) is 135 Å². The van der Waals surface area contributed by atoms with Crippen LogP contribution in [0.3, 0.4) is 0 Å². The monoisotopic (exact) mass is 490 g/mol. The van der Waals surface area contributed by atoms with Gasteiger partial charge in [0.15, 0.2) is 5.78 Å². The van der Waals surface area contributed by atoms with Gasteiger partial charge in [-0.1, -0.05) is 12.1 Å². The number of nitrogens with zero attached hydrogens (tertiary/aromatic N) is 4. The van der Waals surface area contributed by atoms with E-state index in [1.165, 1.54) is 0 Å². The number of hydrogen-bond acceptors (Lipinski definition) is 5. The number of benzene rings is 2. The molecule has 2 aromatic carbocycles. The zero-order valence-electron chi connectivity index (χ0n) is 20.4. The molecular weight excluding hydrogens is 468 g/mol. The van der Waals surface area contributed by atoms with E-state index in [9.17, 15) is 4.79 Å². The molecule has 5 heteroatoms. The predicted molar refractivity (Wildman–Crippen MR) is 149 cm³/mol. The van der Waals surface area contributed by atoms with Crippen LogP contribution in [0.25, 0.3) is 44.5 Å². The van der Waals surface area contributed by atoms with Gasteiger partial charge < -0.3 is 0 Å². The average molecular weight is 491 g/mol. The molecule has 0 aliphatic heterocycles. The zero-order chi connectivity index (χ0) is 25.7. The van der Waals surface area contributed by atoms with Crippen molar-refractivity contribution in [3.8, 4) is 44.5 Å². The highest BCUT2D eigenvalue weighted by atomic mass is 16.1. The van der Waals surface area contributed by atoms with E-state index in [2.05, 4.69) is 32.1 Å². The van der Waals surface area contributed by atoms with Gasteiger partial charge in [-0.2, -0.15) is 0 Å². The summed E-state index contributed by atoms with van der Waals surface area (Å²) in [4.78, 5) is 31.0. The smallest absolute Gasteiger partial charge is 0.193 e. The highest BCUT2D eigenvalue weighted by Crippen LogP contribution is 2.32. The Labute approximate surface area is 220 Å². The Bertz CT molecular complexity index is 1460. The fourth-order valence-corrected chi connectivity index (χ4v) is 4.51. The summed E-state index contributed by atoms with van der Waals surface area (Å²) in [7, 11) is 0. The minimum atomic E-state index is -0.0629. The molecule has 0 amide bonds. The van der Waals surface area contributed by atoms with Crippen molar-refractivity contribution in [3.63, 3.8) is 0 Å². The van der Waals surface area contributed by atoms with Crippen molar-refractivity contribution < 1.29 is 4.79 Å². The summed E-state index contributed by atoms with van der Waals surface area (Å²) in [5, 5.41) is 0. The molecular formula is C33H22N4O. The van der Waals surface area contributed by atoms with Crippen LogP contribution in [0.1, 0.15) is 15.9 Å². The van der Waals surface area contributed by atoms with Crippen molar-refractivity contribution in [3.05, 3.63) is 146 Å². The van der Waals surface area contributed by atoms with Crippen LogP contribution in [0.5, 0.6) is 0 Å². The summed E-state index contributed by atoms with van der Waals surface area (Å²) in [6.45, 7) is 0. The molecule has 4 aromatic heterocycles. The highest BCUT2D eigenvalue weighted by molar-refractivity contribution is 6.11. The van der Waals surface area contributed by atoms with Crippen molar-refractivity contribution in [2.45, 2.75) is 0 Å². The number of pyridine rings is 4. The third-order valence-electron chi connectivity index (χ3n) is 6.41.